The van der Waals surface area contributed by atoms with Crippen LogP contribution in [0.25, 0.3) is 0 Å². The van der Waals surface area contributed by atoms with Gasteiger partial charge >= 0.3 is 12.0 Å². The van der Waals surface area contributed by atoms with Gasteiger partial charge in [0.1, 0.15) is 5.75 Å². The molecule has 0 saturated carbocycles. The lowest BCUT2D eigenvalue weighted by Gasteiger charge is -2.33. The van der Waals surface area contributed by atoms with Crippen LogP contribution in [0.1, 0.15) is 0 Å². The first-order valence-electron chi connectivity index (χ1n) is 5.73. The summed E-state index contributed by atoms with van der Waals surface area (Å²) in [6.45, 7) is -0.0357. The van der Waals surface area contributed by atoms with Gasteiger partial charge in [0.05, 0.1) is 12.2 Å². The van der Waals surface area contributed by atoms with Crippen molar-refractivity contribution in [3.8, 4) is 5.75 Å². The van der Waals surface area contributed by atoms with Gasteiger partial charge in [0.15, 0.2) is 0 Å². The van der Waals surface area contributed by atoms with Gasteiger partial charge in [-0.3, -0.25) is 10.3 Å². The van der Waals surface area contributed by atoms with E-state index < -0.39 is 18.1 Å². The molecule has 1 unspecified atom stereocenters. The van der Waals surface area contributed by atoms with E-state index in [1.54, 1.807) is 38.4 Å². The predicted molar refractivity (Wildman–Crippen MR) is 68.1 cm³/mol. The van der Waals surface area contributed by atoms with Crippen LogP contribution >= 0.6 is 0 Å². The highest BCUT2D eigenvalue weighted by Gasteiger charge is 2.33. The third kappa shape index (κ3) is 2.76. The van der Waals surface area contributed by atoms with Crippen LogP contribution in [0.2, 0.25) is 0 Å². The fraction of sp³-hybridized carbons (Fsp3) is 0.333. The first kappa shape index (κ1) is 13.2. The summed E-state index contributed by atoms with van der Waals surface area (Å²) in [7, 11) is 3.36. The van der Waals surface area contributed by atoms with Crippen molar-refractivity contribution in [1.82, 2.24) is 10.4 Å². The second-order valence-corrected chi connectivity index (χ2v) is 4.33. The molecule has 1 atom stereocenters. The lowest BCUT2D eigenvalue weighted by atomic mass is 10.2. The van der Waals surface area contributed by atoms with Crippen LogP contribution < -0.4 is 15.1 Å². The van der Waals surface area contributed by atoms with Crippen LogP contribution in [-0.4, -0.2) is 48.9 Å². The molecule has 0 bridgehead atoms. The van der Waals surface area contributed by atoms with Crippen molar-refractivity contribution in [2.24, 2.45) is 0 Å². The minimum atomic E-state index is -1.10. The minimum absolute atomic E-state index is 0.0357. The van der Waals surface area contributed by atoms with E-state index in [4.69, 9.17) is 9.84 Å². The van der Waals surface area contributed by atoms with Crippen LogP contribution in [0.4, 0.5) is 10.5 Å². The van der Waals surface area contributed by atoms with Gasteiger partial charge in [-0.2, -0.15) is 0 Å². The Hall–Kier alpha value is -2.28. The molecule has 2 N–H and O–H groups in total. The van der Waals surface area contributed by atoms with Gasteiger partial charge < -0.3 is 9.84 Å². The molecule has 1 aromatic carbocycles. The molecule has 1 aliphatic heterocycles. The summed E-state index contributed by atoms with van der Waals surface area (Å²) in [6.07, 6.45) is -1.07. The number of carbonyl (C=O) groups excluding carboxylic acids is 1. The molecule has 2 amide bonds. The van der Waals surface area contributed by atoms with E-state index in [9.17, 15) is 9.59 Å². The molecule has 0 aliphatic carbocycles. The highest BCUT2D eigenvalue weighted by atomic mass is 16.5. The summed E-state index contributed by atoms with van der Waals surface area (Å²) in [6, 6.07) is 6.44. The van der Waals surface area contributed by atoms with Crippen LogP contribution in [0, 0.1) is 0 Å². The monoisotopic (exact) mass is 265 g/mol. The van der Waals surface area contributed by atoms with E-state index in [1.165, 1.54) is 9.91 Å². The van der Waals surface area contributed by atoms with Crippen molar-refractivity contribution in [2.45, 2.75) is 6.10 Å². The molecule has 102 valence electrons. The number of ether oxygens (including phenoxy) is 1. The number of carboxylic acids is 1. The number of nitrogens with one attached hydrogen (secondary N) is 1. The number of hydrazine groups is 1. The topological polar surface area (TPSA) is 82.1 Å². The summed E-state index contributed by atoms with van der Waals surface area (Å²) >= 11 is 0. The number of hydrogen-bond acceptors (Lipinski definition) is 4. The Labute approximate surface area is 110 Å². The molecule has 7 nitrogen and oxygen atoms in total. The van der Waals surface area contributed by atoms with Gasteiger partial charge in [-0.25, -0.2) is 14.6 Å². The molecule has 0 spiro atoms. The summed E-state index contributed by atoms with van der Waals surface area (Å²) in [5, 5.41) is 10.5. The highest BCUT2D eigenvalue weighted by Crippen LogP contribution is 2.33. The Bertz CT molecular complexity index is 504. The van der Waals surface area contributed by atoms with Crippen LogP contribution in [0.5, 0.6) is 5.75 Å². The Morgan fingerprint density at radius 3 is 2.74 bits per heavy atom. The molecule has 7 heteroatoms. The molecular formula is C12H15N3O4. The van der Waals surface area contributed by atoms with Crippen molar-refractivity contribution >= 4 is 17.7 Å². The number of carboxylic acid groups (broad SMARTS) is 1. The third-order valence-corrected chi connectivity index (χ3v) is 2.61. The summed E-state index contributed by atoms with van der Waals surface area (Å²) in [5.41, 5.74) is 3.14. The number of fused-ring (bicyclic) bond motifs is 1. The maximum Gasteiger partial charge on any atom is 0.346 e. The fourth-order valence-electron chi connectivity index (χ4n) is 1.81. The SMILES string of the molecule is CN(C)NC(=O)N1CC(C(=O)O)Oc2ccccc21. The summed E-state index contributed by atoms with van der Waals surface area (Å²) in [5.74, 6) is -0.716. The number of anilines is 1. The number of hydrogen-bond donors (Lipinski definition) is 2. The van der Waals surface area contributed by atoms with Crippen LogP contribution in [0.15, 0.2) is 24.3 Å². The first-order chi connectivity index (χ1) is 8.99. The molecular weight excluding hydrogens is 250 g/mol. The average molecular weight is 265 g/mol. The Morgan fingerprint density at radius 2 is 2.11 bits per heavy atom. The Morgan fingerprint density at radius 1 is 1.42 bits per heavy atom. The number of nitrogens with zero attached hydrogens (tertiary/aromatic N) is 2. The zero-order valence-electron chi connectivity index (χ0n) is 10.7. The first-order valence-corrected chi connectivity index (χ1v) is 5.73. The van der Waals surface area contributed by atoms with Gasteiger partial charge in [0.25, 0.3) is 0 Å². The van der Waals surface area contributed by atoms with Crippen molar-refractivity contribution in [1.29, 1.82) is 0 Å². The van der Waals surface area contributed by atoms with Crippen molar-refractivity contribution in [3.63, 3.8) is 0 Å². The van der Waals surface area contributed by atoms with Crippen LogP contribution in [-0.2, 0) is 4.79 Å². The van der Waals surface area contributed by atoms with Crippen molar-refractivity contribution in [2.75, 3.05) is 25.5 Å². The Balaban J connectivity index is 2.31. The lowest BCUT2D eigenvalue weighted by molar-refractivity contribution is -0.144. The number of para-hydroxylation sites is 2. The predicted octanol–water partition coefficient (Wildman–Crippen LogP) is 0.525. The van der Waals surface area contributed by atoms with E-state index >= 15 is 0 Å². The minimum Gasteiger partial charge on any atom is -0.478 e. The molecule has 0 aromatic heterocycles. The third-order valence-electron chi connectivity index (χ3n) is 2.61. The molecule has 1 aromatic rings. The van der Waals surface area contributed by atoms with E-state index in [0.29, 0.717) is 11.4 Å². The van der Waals surface area contributed by atoms with E-state index in [1.807, 2.05) is 0 Å². The van der Waals surface area contributed by atoms with Gasteiger partial charge in [-0.15, -0.1) is 0 Å². The average Bonchev–Trinajstić information content (AvgIpc) is 2.36. The van der Waals surface area contributed by atoms with E-state index in [2.05, 4.69) is 5.43 Å². The van der Waals surface area contributed by atoms with Crippen LogP contribution in [0.3, 0.4) is 0 Å². The number of rotatable bonds is 2. The quantitative estimate of drug-likeness (QED) is 0.762. The summed E-state index contributed by atoms with van der Waals surface area (Å²) < 4.78 is 5.34. The standard InChI is InChI=1S/C12H15N3O4/c1-14(2)13-12(18)15-7-10(11(16)17)19-9-6-4-3-5-8(9)15/h3-6,10H,7H2,1-2H3,(H,13,18)(H,16,17). The highest BCUT2D eigenvalue weighted by molar-refractivity contribution is 5.95. The molecule has 2 rings (SSSR count). The smallest absolute Gasteiger partial charge is 0.346 e. The molecule has 1 heterocycles. The van der Waals surface area contributed by atoms with Crippen molar-refractivity contribution in [3.05, 3.63) is 24.3 Å². The number of amides is 2. The molecule has 0 radical (unpaired) electrons. The normalized spacial score (nSPS) is 17.6. The number of aliphatic carboxylic acids is 1. The second-order valence-electron chi connectivity index (χ2n) is 4.33. The van der Waals surface area contributed by atoms with Gasteiger partial charge in [-0.1, -0.05) is 12.1 Å². The lowest BCUT2D eigenvalue weighted by Crippen LogP contribution is -2.53. The van der Waals surface area contributed by atoms with E-state index in [-0.39, 0.29) is 6.54 Å². The Kier molecular flexibility index (Phi) is 3.57. The fourth-order valence-corrected chi connectivity index (χ4v) is 1.81. The molecule has 1 aliphatic rings. The number of carbonyl (C=O) groups is 2. The molecule has 0 saturated heterocycles. The molecule has 0 fully saturated rings. The number of urea groups is 1. The maximum absolute atomic E-state index is 12.1. The maximum atomic E-state index is 12.1. The van der Waals surface area contributed by atoms with Gasteiger partial charge in [0, 0.05) is 14.1 Å². The van der Waals surface area contributed by atoms with Gasteiger partial charge in [-0.05, 0) is 12.1 Å². The largest absolute Gasteiger partial charge is 0.478 e. The van der Waals surface area contributed by atoms with E-state index in [0.717, 1.165) is 0 Å². The zero-order chi connectivity index (χ0) is 14.0. The van der Waals surface area contributed by atoms with Crippen molar-refractivity contribution < 1.29 is 19.4 Å². The molecule has 19 heavy (non-hydrogen) atoms. The number of benzene rings is 1. The van der Waals surface area contributed by atoms with Gasteiger partial charge in [0.2, 0.25) is 6.10 Å². The zero-order valence-corrected chi connectivity index (χ0v) is 10.7. The summed E-state index contributed by atoms with van der Waals surface area (Å²) in [4.78, 5) is 24.5. The second kappa shape index (κ2) is 5.15.